The van der Waals surface area contributed by atoms with E-state index in [1.54, 1.807) is 14.2 Å². The van der Waals surface area contributed by atoms with E-state index in [0.29, 0.717) is 13.2 Å². The zero-order valence-corrected chi connectivity index (χ0v) is 20.2. The molecule has 2 aliphatic rings. The second-order valence-electron chi connectivity index (χ2n) is 9.26. The molecule has 4 atom stereocenters. The molecule has 0 N–H and O–H groups in total. The van der Waals surface area contributed by atoms with Crippen molar-refractivity contribution in [2.45, 2.75) is 63.7 Å². The molecule has 2 aliphatic heterocycles. The fourth-order valence-electron chi connectivity index (χ4n) is 4.24. The lowest BCUT2D eigenvalue weighted by molar-refractivity contribution is -0.187. The Balaban J connectivity index is 1.67. The molecule has 7 nitrogen and oxygen atoms in total. The van der Waals surface area contributed by atoms with Crippen LogP contribution in [-0.4, -0.2) is 51.2 Å². The highest BCUT2D eigenvalue weighted by molar-refractivity contribution is 5.31. The summed E-state index contributed by atoms with van der Waals surface area (Å²) in [6, 6.07) is 15.7. The molecular weight excluding hydrogens is 424 g/mol. The Hall–Kier alpha value is -2.16. The van der Waals surface area contributed by atoms with E-state index < -0.39 is 23.8 Å². The Kier molecular flexibility index (Phi) is 6.98. The maximum Gasteiger partial charge on any atom is 0.163 e. The summed E-state index contributed by atoms with van der Waals surface area (Å²) in [6.07, 6.45) is -1.36. The minimum absolute atomic E-state index is 0.288. The van der Waals surface area contributed by atoms with Crippen molar-refractivity contribution in [3.63, 3.8) is 0 Å². The first kappa shape index (κ1) is 24.0. The zero-order valence-electron chi connectivity index (χ0n) is 20.2. The van der Waals surface area contributed by atoms with Crippen molar-refractivity contribution in [3.8, 4) is 11.5 Å². The van der Waals surface area contributed by atoms with Crippen molar-refractivity contribution in [1.29, 1.82) is 0 Å². The summed E-state index contributed by atoms with van der Waals surface area (Å²) in [4.78, 5) is 0. The maximum absolute atomic E-state index is 6.83. The third-order valence-corrected chi connectivity index (χ3v) is 5.92. The Morgan fingerprint density at radius 3 is 1.30 bits per heavy atom. The quantitative estimate of drug-likeness (QED) is 0.563. The molecule has 0 amide bonds. The zero-order chi connectivity index (χ0) is 23.6. The van der Waals surface area contributed by atoms with E-state index in [2.05, 4.69) is 0 Å². The molecule has 4 unspecified atom stereocenters. The van der Waals surface area contributed by atoms with Crippen molar-refractivity contribution in [3.05, 3.63) is 59.7 Å². The molecule has 0 aliphatic carbocycles. The number of rotatable bonds is 8. The van der Waals surface area contributed by atoms with Crippen LogP contribution < -0.4 is 9.47 Å². The van der Waals surface area contributed by atoms with Crippen molar-refractivity contribution < 1.29 is 33.2 Å². The standard InChI is InChI=1S/C26H34O7/c1-25(2)29-15-21(32-25)23(17-7-11-19(27-5)12-8-17)31-24(22-16-30-26(3,4)33-22)18-9-13-20(28-6)14-10-18/h7-14,21-24H,15-16H2,1-6H3. The minimum Gasteiger partial charge on any atom is -0.497 e. The van der Waals surface area contributed by atoms with Crippen LogP contribution >= 0.6 is 0 Å². The highest BCUT2D eigenvalue weighted by Crippen LogP contribution is 2.41. The second kappa shape index (κ2) is 9.60. The first-order chi connectivity index (χ1) is 15.7. The maximum atomic E-state index is 6.83. The number of hydrogen-bond acceptors (Lipinski definition) is 7. The molecule has 2 saturated heterocycles. The molecule has 7 heteroatoms. The van der Waals surface area contributed by atoms with Gasteiger partial charge in [0.05, 0.1) is 27.4 Å². The van der Waals surface area contributed by atoms with Crippen LogP contribution in [0.3, 0.4) is 0 Å². The summed E-state index contributed by atoms with van der Waals surface area (Å²) in [5.74, 6) is 0.205. The average molecular weight is 459 g/mol. The van der Waals surface area contributed by atoms with Gasteiger partial charge in [-0.15, -0.1) is 0 Å². The van der Waals surface area contributed by atoms with Crippen molar-refractivity contribution in [1.82, 2.24) is 0 Å². The van der Waals surface area contributed by atoms with Crippen LogP contribution in [0.25, 0.3) is 0 Å². The first-order valence-electron chi connectivity index (χ1n) is 11.3. The molecule has 4 rings (SSSR count). The minimum atomic E-state index is -0.677. The van der Waals surface area contributed by atoms with Crippen LogP contribution in [0.5, 0.6) is 11.5 Å². The van der Waals surface area contributed by atoms with Gasteiger partial charge in [0.1, 0.15) is 35.9 Å². The molecule has 0 saturated carbocycles. The SMILES string of the molecule is COc1ccc(C(OC(c2ccc(OC)cc2)C2COC(C)(C)O2)C2COC(C)(C)O2)cc1. The molecular formula is C26H34O7. The fraction of sp³-hybridized carbons (Fsp3) is 0.538. The van der Waals surface area contributed by atoms with Crippen molar-refractivity contribution in [2.75, 3.05) is 27.4 Å². The van der Waals surface area contributed by atoms with E-state index in [-0.39, 0.29) is 12.2 Å². The first-order valence-corrected chi connectivity index (χ1v) is 11.3. The van der Waals surface area contributed by atoms with Gasteiger partial charge in [0.2, 0.25) is 0 Å². The Labute approximate surface area is 195 Å². The normalized spacial score (nSPS) is 25.5. The molecule has 2 heterocycles. The van der Waals surface area contributed by atoms with E-state index in [0.717, 1.165) is 22.6 Å². The topological polar surface area (TPSA) is 64.6 Å². The third kappa shape index (κ3) is 5.67. The van der Waals surface area contributed by atoms with E-state index in [9.17, 15) is 0 Å². The summed E-state index contributed by atoms with van der Waals surface area (Å²) < 4.78 is 41.7. The summed E-state index contributed by atoms with van der Waals surface area (Å²) >= 11 is 0. The van der Waals surface area contributed by atoms with Gasteiger partial charge in [-0.05, 0) is 63.1 Å². The summed E-state index contributed by atoms with van der Waals surface area (Å²) in [6.45, 7) is 8.50. The van der Waals surface area contributed by atoms with Crippen molar-refractivity contribution >= 4 is 0 Å². The monoisotopic (exact) mass is 458 g/mol. The van der Waals surface area contributed by atoms with Gasteiger partial charge in [-0.2, -0.15) is 0 Å². The van der Waals surface area contributed by atoms with Gasteiger partial charge in [-0.1, -0.05) is 24.3 Å². The Morgan fingerprint density at radius 1 is 0.667 bits per heavy atom. The number of methoxy groups -OCH3 is 2. The van der Waals surface area contributed by atoms with E-state index in [4.69, 9.17) is 33.2 Å². The van der Waals surface area contributed by atoms with Crippen LogP contribution in [-0.2, 0) is 23.7 Å². The second-order valence-corrected chi connectivity index (χ2v) is 9.26. The molecule has 33 heavy (non-hydrogen) atoms. The average Bonchev–Trinajstić information content (AvgIpc) is 3.35. The van der Waals surface area contributed by atoms with Crippen molar-refractivity contribution in [2.24, 2.45) is 0 Å². The lowest BCUT2D eigenvalue weighted by atomic mass is 10.0. The smallest absolute Gasteiger partial charge is 0.163 e. The number of ether oxygens (including phenoxy) is 7. The van der Waals surface area contributed by atoms with Gasteiger partial charge in [0.25, 0.3) is 0 Å². The number of hydrogen-bond donors (Lipinski definition) is 0. The van der Waals surface area contributed by atoms with Gasteiger partial charge >= 0.3 is 0 Å². The van der Waals surface area contributed by atoms with Gasteiger partial charge in [0.15, 0.2) is 11.6 Å². The largest absolute Gasteiger partial charge is 0.497 e. The predicted octanol–water partition coefficient (Wildman–Crippen LogP) is 4.81. The fourth-order valence-corrected chi connectivity index (χ4v) is 4.24. The highest BCUT2D eigenvalue weighted by atomic mass is 16.8. The molecule has 0 radical (unpaired) electrons. The summed E-state index contributed by atoms with van der Waals surface area (Å²) in [5.41, 5.74) is 1.94. The van der Waals surface area contributed by atoms with E-state index in [1.807, 2.05) is 76.2 Å². The molecule has 2 aromatic rings. The molecule has 0 bridgehead atoms. The van der Waals surface area contributed by atoms with Gasteiger partial charge < -0.3 is 33.2 Å². The highest BCUT2D eigenvalue weighted by Gasteiger charge is 2.44. The third-order valence-electron chi connectivity index (χ3n) is 5.92. The van der Waals surface area contributed by atoms with E-state index in [1.165, 1.54) is 0 Å². The van der Waals surface area contributed by atoms with Crippen LogP contribution in [0.2, 0.25) is 0 Å². The molecule has 2 fully saturated rings. The summed E-state index contributed by atoms with van der Waals surface area (Å²) in [5, 5.41) is 0. The van der Waals surface area contributed by atoms with Gasteiger partial charge in [0, 0.05) is 0 Å². The van der Waals surface area contributed by atoms with Crippen LogP contribution in [0.15, 0.2) is 48.5 Å². The van der Waals surface area contributed by atoms with Crippen LogP contribution in [0.4, 0.5) is 0 Å². The lowest BCUT2D eigenvalue weighted by Gasteiger charge is -2.32. The summed E-state index contributed by atoms with van der Waals surface area (Å²) in [7, 11) is 3.30. The molecule has 0 spiro atoms. The Morgan fingerprint density at radius 2 is 1.03 bits per heavy atom. The molecule has 180 valence electrons. The van der Waals surface area contributed by atoms with Crippen LogP contribution in [0, 0.1) is 0 Å². The molecule has 0 aromatic heterocycles. The Bertz CT molecular complexity index is 832. The van der Waals surface area contributed by atoms with Gasteiger partial charge in [-0.25, -0.2) is 0 Å². The van der Waals surface area contributed by atoms with E-state index >= 15 is 0 Å². The lowest BCUT2D eigenvalue weighted by Crippen LogP contribution is -2.33. The van der Waals surface area contributed by atoms with Crippen LogP contribution in [0.1, 0.15) is 51.0 Å². The van der Waals surface area contributed by atoms with Gasteiger partial charge in [-0.3, -0.25) is 0 Å². The predicted molar refractivity (Wildman–Crippen MR) is 122 cm³/mol. The number of benzene rings is 2. The molecule has 2 aromatic carbocycles.